The van der Waals surface area contributed by atoms with Crippen LogP contribution in [0.15, 0.2) is 24.3 Å². The van der Waals surface area contributed by atoms with E-state index in [9.17, 15) is 19.5 Å². The molecule has 1 aliphatic rings. The Balaban J connectivity index is 2.63. The zero-order valence-corrected chi connectivity index (χ0v) is 11.6. The van der Waals surface area contributed by atoms with E-state index in [1.807, 2.05) is 0 Å². The lowest BCUT2D eigenvalue weighted by molar-refractivity contribution is -0.150. The van der Waals surface area contributed by atoms with Crippen LogP contribution in [0.5, 0.6) is 5.75 Å². The van der Waals surface area contributed by atoms with Crippen molar-refractivity contribution in [2.75, 3.05) is 14.1 Å². The summed E-state index contributed by atoms with van der Waals surface area (Å²) in [6.07, 6.45) is 0.234. The molecule has 0 spiro atoms. The Morgan fingerprint density at radius 2 is 1.45 bits per heavy atom. The van der Waals surface area contributed by atoms with E-state index >= 15 is 0 Å². The average molecular weight is 276 g/mol. The minimum Gasteiger partial charge on any atom is -0.508 e. The molecule has 0 aromatic heterocycles. The lowest BCUT2D eigenvalue weighted by atomic mass is 9.74. The second-order valence-corrected chi connectivity index (χ2v) is 4.82. The summed E-state index contributed by atoms with van der Waals surface area (Å²) in [4.78, 5) is 38.8. The van der Waals surface area contributed by atoms with Crippen LogP contribution in [-0.4, -0.2) is 46.8 Å². The SMILES string of the molecule is CCC1(c2ccc(O)cc2)C(=O)N(C)C(=O)N(C)C1=O. The number of amides is 4. The Morgan fingerprint density at radius 3 is 1.85 bits per heavy atom. The van der Waals surface area contributed by atoms with Crippen molar-refractivity contribution in [2.45, 2.75) is 18.8 Å². The van der Waals surface area contributed by atoms with E-state index in [0.29, 0.717) is 5.56 Å². The van der Waals surface area contributed by atoms with E-state index < -0.39 is 23.3 Å². The summed E-state index contributed by atoms with van der Waals surface area (Å²) in [7, 11) is 2.72. The Bertz CT molecular complexity index is 555. The fraction of sp³-hybridized carbons (Fsp3) is 0.357. The van der Waals surface area contributed by atoms with Crippen LogP contribution in [0.25, 0.3) is 0 Å². The van der Waals surface area contributed by atoms with E-state index in [2.05, 4.69) is 0 Å². The second-order valence-electron chi connectivity index (χ2n) is 4.82. The fourth-order valence-electron chi connectivity index (χ4n) is 2.56. The summed E-state index contributed by atoms with van der Waals surface area (Å²) < 4.78 is 0. The lowest BCUT2D eigenvalue weighted by Crippen LogP contribution is -2.64. The molecule has 0 radical (unpaired) electrons. The van der Waals surface area contributed by atoms with Crippen molar-refractivity contribution in [2.24, 2.45) is 0 Å². The first-order chi connectivity index (χ1) is 9.36. The smallest absolute Gasteiger partial charge is 0.332 e. The summed E-state index contributed by atoms with van der Waals surface area (Å²) in [6, 6.07) is 5.27. The highest BCUT2D eigenvalue weighted by atomic mass is 16.3. The van der Waals surface area contributed by atoms with Crippen LogP contribution in [0, 0.1) is 0 Å². The molecule has 20 heavy (non-hydrogen) atoms. The van der Waals surface area contributed by atoms with Crippen molar-refractivity contribution in [1.29, 1.82) is 0 Å². The molecular formula is C14H16N2O4. The van der Waals surface area contributed by atoms with Crippen LogP contribution in [0.2, 0.25) is 0 Å². The van der Waals surface area contributed by atoms with Gasteiger partial charge in [0, 0.05) is 14.1 Å². The zero-order chi connectivity index (χ0) is 15.1. The third-order valence-electron chi connectivity index (χ3n) is 3.80. The molecule has 1 fully saturated rings. The maximum atomic E-state index is 12.5. The van der Waals surface area contributed by atoms with E-state index in [4.69, 9.17) is 0 Å². The van der Waals surface area contributed by atoms with Gasteiger partial charge in [0.15, 0.2) is 5.41 Å². The van der Waals surface area contributed by atoms with Gasteiger partial charge in [-0.05, 0) is 24.1 Å². The van der Waals surface area contributed by atoms with Gasteiger partial charge < -0.3 is 5.11 Å². The van der Waals surface area contributed by atoms with Crippen LogP contribution in [0.4, 0.5) is 4.79 Å². The molecule has 0 bridgehead atoms. The number of hydrogen-bond donors (Lipinski definition) is 1. The van der Waals surface area contributed by atoms with Crippen molar-refractivity contribution in [1.82, 2.24) is 9.80 Å². The molecule has 1 aromatic carbocycles. The number of benzene rings is 1. The number of phenols is 1. The van der Waals surface area contributed by atoms with Crippen LogP contribution in [0.1, 0.15) is 18.9 Å². The largest absolute Gasteiger partial charge is 0.508 e. The molecule has 0 unspecified atom stereocenters. The number of imide groups is 2. The molecule has 6 heteroatoms. The molecule has 0 saturated carbocycles. The third-order valence-corrected chi connectivity index (χ3v) is 3.80. The molecule has 0 aliphatic carbocycles. The highest BCUT2D eigenvalue weighted by Gasteiger charge is 2.55. The zero-order valence-electron chi connectivity index (χ0n) is 11.6. The average Bonchev–Trinajstić information content (AvgIpc) is 2.46. The predicted molar refractivity (Wildman–Crippen MR) is 71.0 cm³/mol. The monoisotopic (exact) mass is 276 g/mol. The van der Waals surface area contributed by atoms with Gasteiger partial charge in [0.25, 0.3) is 11.8 Å². The van der Waals surface area contributed by atoms with Gasteiger partial charge in [-0.15, -0.1) is 0 Å². The molecule has 106 valence electrons. The number of likely N-dealkylation sites (N-methyl/N-ethyl adjacent to an activating group) is 2. The molecule has 1 aliphatic heterocycles. The third kappa shape index (κ3) is 1.68. The normalized spacial score (nSPS) is 18.6. The molecule has 1 aromatic rings. The van der Waals surface area contributed by atoms with Gasteiger partial charge in [0.2, 0.25) is 0 Å². The van der Waals surface area contributed by atoms with Gasteiger partial charge in [-0.2, -0.15) is 0 Å². The summed E-state index contributed by atoms with van der Waals surface area (Å²) in [5.41, 5.74) is -0.940. The standard InChI is InChI=1S/C14H16N2O4/c1-4-14(9-5-7-10(17)8-6-9)11(18)15(2)13(20)16(3)12(14)19/h5-8,17H,4H2,1-3H3. The van der Waals surface area contributed by atoms with Gasteiger partial charge in [-0.25, -0.2) is 4.79 Å². The molecule has 1 saturated heterocycles. The summed E-state index contributed by atoms with van der Waals surface area (Å²) in [6.45, 7) is 1.72. The first kappa shape index (κ1) is 14.0. The Kier molecular flexibility index (Phi) is 3.25. The van der Waals surface area contributed by atoms with E-state index in [-0.39, 0.29) is 12.2 Å². The maximum absolute atomic E-state index is 12.5. The number of aromatic hydroxyl groups is 1. The van der Waals surface area contributed by atoms with Crippen molar-refractivity contribution in [3.63, 3.8) is 0 Å². The lowest BCUT2D eigenvalue weighted by Gasteiger charge is -2.41. The second kappa shape index (κ2) is 4.63. The number of phenolic OH excluding ortho intramolecular Hbond substituents is 1. The quantitative estimate of drug-likeness (QED) is 0.820. The minimum atomic E-state index is -1.41. The topological polar surface area (TPSA) is 77.9 Å². The van der Waals surface area contributed by atoms with Crippen LogP contribution in [0.3, 0.4) is 0 Å². The first-order valence-corrected chi connectivity index (χ1v) is 6.26. The molecule has 1 N–H and O–H groups in total. The van der Waals surface area contributed by atoms with Crippen molar-refractivity contribution >= 4 is 17.8 Å². The van der Waals surface area contributed by atoms with Gasteiger partial charge in [0.05, 0.1) is 0 Å². The highest BCUT2D eigenvalue weighted by Crippen LogP contribution is 2.36. The van der Waals surface area contributed by atoms with E-state index in [1.54, 1.807) is 6.92 Å². The molecule has 2 rings (SSSR count). The number of nitrogens with zero attached hydrogens (tertiary/aromatic N) is 2. The Labute approximate surface area is 116 Å². The molecule has 1 heterocycles. The van der Waals surface area contributed by atoms with Crippen molar-refractivity contribution in [3.05, 3.63) is 29.8 Å². The van der Waals surface area contributed by atoms with Gasteiger partial charge in [0.1, 0.15) is 5.75 Å². The number of urea groups is 1. The summed E-state index contributed by atoms with van der Waals surface area (Å²) in [5, 5.41) is 9.34. The van der Waals surface area contributed by atoms with E-state index in [0.717, 1.165) is 9.80 Å². The Hall–Kier alpha value is -2.37. The fourth-order valence-corrected chi connectivity index (χ4v) is 2.56. The first-order valence-electron chi connectivity index (χ1n) is 6.26. The summed E-state index contributed by atoms with van der Waals surface area (Å²) in [5.74, 6) is -1.04. The number of carbonyl (C=O) groups is 3. The summed E-state index contributed by atoms with van der Waals surface area (Å²) >= 11 is 0. The van der Waals surface area contributed by atoms with Crippen LogP contribution < -0.4 is 0 Å². The minimum absolute atomic E-state index is 0.0495. The van der Waals surface area contributed by atoms with Crippen LogP contribution in [-0.2, 0) is 15.0 Å². The van der Waals surface area contributed by atoms with Crippen molar-refractivity contribution < 1.29 is 19.5 Å². The number of barbiturate groups is 1. The van der Waals surface area contributed by atoms with Gasteiger partial charge in [-0.1, -0.05) is 19.1 Å². The Morgan fingerprint density at radius 1 is 1.00 bits per heavy atom. The maximum Gasteiger partial charge on any atom is 0.332 e. The van der Waals surface area contributed by atoms with E-state index in [1.165, 1.54) is 38.4 Å². The van der Waals surface area contributed by atoms with Gasteiger partial charge in [-0.3, -0.25) is 19.4 Å². The molecule has 4 amide bonds. The van der Waals surface area contributed by atoms with Crippen LogP contribution >= 0.6 is 0 Å². The van der Waals surface area contributed by atoms with Crippen molar-refractivity contribution in [3.8, 4) is 5.75 Å². The number of hydrogen-bond acceptors (Lipinski definition) is 4. The molecule has 6 nitrogen and oxygen atoms in total. The highest BCUT2D eigenvalue weighted by molar-refractivity contribution is 6.22. The van der Waals surface area contributed by atoms with Gasteiger partial charge >= 0.3 is 6.03 Å². The molecule has 0 atom stereocenters. The molecular weight excluding hydrogens is 260 g/mol. The number of rotatable bonds is 2. The predicted octanol–water partition coefficient (Wildman–Crippen LogP) is 1.09. The number of carbonyl (C=O) groups excluding carboxylic acids is 3.